The predicted molar refractivity (Wildman–Crippen MR) is 78.3 cm³/mol. The number of fused-ring (bicyclic) bond motifs is 1. The molecule has 6 nitrogen and oxygen atoms in total. The lowest BCUT2D eigenvalue weighted by molar-refractivity contribution is 0.102. The number of aryl methyl sites for hydroxylation is 1. The average Bonchev–Trinajstić information content (AvgIpc) is 3.04. The van der Waals surface area contributed by atoms with Crippen molar-refractivity contribution in [2.75, 3.05) is 5.32 Å². The highest BCUT2D eigenvalue weighted by molar-refractivity contribution is 7.15. The van der Waals surface area contributed by atoms with Crippen LogP contribution in [0.1, 0.15) is 22.4 Å². The maximum absolute atomic E-state index is 12.2. The smallest absolute Gasteiger partial charge is 0.278 e. The minimum absolute atomic E-state index is 0.288. The number of hydrogen-bond donors (Lipinski definition) is 2. The largest absolute Gasteiger partial charge is 0.295 e. The summed E-state index contributed by atoms with van der Waals surface area (Å²) >= 11 is 7.29. The summed E-state index contributed by atoms with van der Waals surface area (Å²) in [5, 5.41) is 19.9. The number of H-pyrrole nitrogens is 1. The second-order valence-corrected chi connectivity index (χ2v) is 5.57. The van der Waals surface area contributed by atoms with Crippen LogP contribution in [0.4, 0.5) is 5.13 Å². The third-order valence-corrected chi connectivity index (χ3v) is 3.95. The Hall–Kier alpha value is -1.99. The molecule has 0 spiro atoms. The lowest BCUT2D eigenvalue weighted by Gasteiger charge is -1.98. The minimum atomic E-state index is -0.336. The molecule has 0 bridgehead atoms. The highest BCUT2D eigenvalue weighted by Crippen LogP contribution is 2.22. The van der Waals surface area contributed by atoms with E-state index < -0.39 is 0 Å². The monoisotopic (exact) mass is 307 g/mol. The van der Waals surface area contributed by atoms with Gasteiger partial charge in [-0.2, -0.15) is 5.10 Å². The Balaban J connectivity index is 1.90. The molecule has 2 heterocycles. The van der Waals surface area contributed by atoms with E-state index in [4.69, 9.17) is 11.6 Å². The van der Waals surface area contributed by atoms with Crippen LogP contribution in [0.25, 0.3) is 10.9 Å². The van der Waals surface area contributed by atoms with Gasteiger partial charge >= 0.3 is 0 Å². The number of carbonyl (C=O) groups excluding carboxylic acids is 1. The fraction of sp³-hybridized carbons (Fsp3) is 0.167. The van der Waals surface area contributed by atoms with Crippen molar-refractivity contribution in [3.8, 4) is 0 Å². The normalized spacial score (nSPS) is 10.9. The molecule has 8 heteroatoms. The summed E-state index contributed by atoms with van der Waals surface area (Å²) in [6.07, 6.45) is 0.786. The molecule has 0 saturated carbocycles. The molecular weight excluding hydrogens is 298 g/mol. The van der Waals surface area contributed by atoms with Gasteiger partial charge in [-0.15, -0.1) is 10.2 Å². The SMILES string of the molecule is CCc1nnc(NC(=O)c2n[nH]c3ccc(Cl)cc23)s1. The number of rotatable bonds is 3. The number of nitrogens with zero attached hydrogens (tertiary/aromatic N) is 3. The third-order valence-electron chi connectivity index (χ3n) is 2.73. The van der Waals surface area contributed by atoms with Gasteiger partial charge in [0.2, 0.25) is 5.13 Å². The Labute approximate surface area is 123 Å². The van der Waals surface area contributed by atoms with Crippen molar-refractivity contribution < 1.29 is 4.79 Å². The lowest BCUT2D eigenvalue weighted by Crippen LogP contribution is -2.12. The number of carbonyl (C=O) groups is 1. The van der Waals surface area contributed by atoms with E-state index in [1.807, 2.05) is 6.92 Å². The molecule has 0 atom stereocenters. The molecule has 3 rings (SSSR count). The van der Waals surface area contributed by atoms with Gasteiger partial charge in [-0.25, -0.2) is 0 Å². The van der Waals surface area contributed by atoms with Crippen molar-refractivity contribution >= 4 is 44.9 Å². The first kappa shape index (κ1) is 13.0. The first-order valence-corrected chi connectivity index (χ1v) is 7.14. The summed E-state index contributed by atoms with van der Waals surface area (Å²) in [6, 6.07) is 5.22. The highest BCUT2D eigenvalue weighted by Gasteiger charge is 2.16. The zero-order valence-electron chi connectivity index (χ0n) is 10.5. The molecule has 1 aromatic carbocycles. The van der Waals surface area contributed by atoms with Crippen molar-refractivity contribution in [1.82, 2.24) is 20.4 Å². The van der Waals surface area contributed by atoms with Crippen molar-refractivity contribution in [2.45, 2.75) is 13.3 Å². The Kier molecular flexibility index (Phi) is 3.37. The standard InChI is InChI=1S/C12H10ClN5OS/c1-2-9-16-18-12(20-9)14-11(19)10-7-5-6(13)3-4-8(7)15-17-10/h3-5H,2H2,1H3,(H,15,17)(H,14,18,19). The van der Waals surface area contributed by atoms with E-state index in [0.717, 1.165) is 16.9 Å². The number of aromatic amines is 1. The summed E-state index contributed by atoms with van der Waals surface area (Å²) in [5.74, 6) is -0.336. The second kappa shape index (κ2) is 5.18. The van der Waals surface area contributed by atoms with E-state index in [-0.39, 0.29) is 11.6 Å². The van der Waals surface area contributed by atoms with Gasteiger partial charge in [0.1, 0.15) is 5.01 Å². The molecule has 0 aliphatic rings. The van der Waals surface area contributed by atoms with E-state index >= 15 is 0 Å². The summed E-state index contributed by atoms with van der Waals surface area (Å²) in [7, 11) is 0. The molecule has 0 unspecified atom stereocenters. The Bertz CT molecular complexity index is 781. The Morgan fingerprint density at radius 3 is 3.05 bits per heavy atom. The number of hydrogen-bond acceptors (Lipinski definition) is 5. The molecule has 3 aromatic rings. The molecular formula is C12H10ClN5OS. The van der Waals surface area contributed by atoms with Crippen LogP contribution in [0.15, 0.2) is 18.2 Å². The Morgan fingerprint density at radius 2 is 2.30 bits per heavy atom. The van der Waals surface area contributed by atoms with Crippen molar-refractivity contribution in [1.29, 1.82) is 0 Å². The van der Waals surface area contributed by atoms with Gasteiger partial charge in [-0.1, -0.05) is 29.9 Å². The average molecular weight is 308 g/mol. The van der Waals surface area contributed by atoms with Gasteiger partial charge < -0.3 is 0 Å². The molecule has 0 aliphatic heterocycles. The van der Waals surface area contributed by atoms with Gasteiger partial charge in [-0.3, -0.25) is 15.2 Å². The molecule has 0 fully saturated rings. The number of benzene rings is 1. The van der Waals surface area contributed by atoms with Crippen molar-refractivity contribution in [2.24, 2.45) is 0 Å². The fourth-order valence-electron chi connectivity index (χ4n) is 1.76. The molecule has 2 N–H and O–H groups in total. The quantitative estimate of drug-likeness (QED) is 0.779. The van der Waals surface area contributed by atoms with Crippen LogP contribution in [0.2, 0.25) is 5.02 Å². The third kappa shape index (κ3) is 2.37. The summed E-state index contributed by atoms with van der Waals surface area (Å²) < 4.78 is 0. The van der Waals surface area contributed by atoms with Gasteiger partial charge in [0.25, 0.3) is 5.91 Å². The summed E-state index contributed by atoms with van der Waals surface area (Å²) in [5.41, 5.74) is 1.04. The van der Waals surface area contributed by atoms with Crippen LogP contribution in [-0.2, 0) is 6.42 Å². The number of aromatic nitrogens is 4. The van der Waals surface area contributed by atoms with Crippen molar-refractivity contribution in [3.05, 3.63) is 33.9 Å². The van der Waals surface area contributed by atoms with E-state index in [9.17, 15) is 4.79 Å². The predicted octanol–water partition coefficient (Wildman–Crippen LogP) is 2.88. The number of anilines is 1. The maximum atomic E-state index is 12.2. The van der Waals surface area contributed by atoms with Crippen LogP contribution in [0.3, 0.4) is 0 Å². The zero-order chi connectivity index (χ0) is 14.1. The van der Waals surface area contributed by atoms with Crippen molar-refractivity contribution in [3.63, 3.8) is 0 Å². The van der Waals surface area contributed by atoms with Crippen LogP contribution >= 0.6 is 22.9 Å². The topological polar surface area (TPSA) is 83.6 Å². The molecule has 0 radical (unpaired) electrons. The van der Waals surface area contributed by atoms with Crippen LogP contribution in [-0.4, -0.2) is 26.3 Å². The molecule has 0 aliphatic carbocycles. The van der Waals surface area contributed by atoms with Gasteiger partial charge in [0.15, 0.2) is 5.69 Å². The van der Waals surface area contributed by atoms with E-state index in [0.29, 0.717) is 15.5 Å². The van der Waals surface area contributed by atoms with Crippen LogP contribution < -0.4 is 5.32 Å². The fourth-order valence-corrected chi connectivity index (χ4v) is 2.61. The van der Waals surface area contributed by atoms with Crippen LogP contribution in [0.5, 0.6) is 0 Å². The first-order valence-electron chi connectivity index (χ1n) is 5.94. The number of halogens is 1. The lowest BCUT2D eigenvalue weighted by atomic mass is 10.2. The van der Waals surface area contributed by atoms with E-state index in [1.54, 1.807) is 18.2 Å². The van der Waals surface area contributed by atoms with Gasteiger partial charge in [0, 0.05) is 10.4 Å². The maximum Gasteiger partial charge on any atom is 0.278 e. The summed E-state index contributed by atoms with van der Waals surface area (Å²) in [4.78, 5) is 12.2. The second-order valence-electron chi connectivity index (χ2n) is 4.07. The number of nitrogens with one attached hydrogen (secondary N) is 2. The first-order chi connectivity index (χ1) is 9.67. The van der Waals surface area contributed by atoms with Gasteiger partial charge in [-0.05, 0) is 24.6 Å². The highest BCUT2D eigenvalue weighted by atomic mass is 35.5. The molecule has 102 valence electrons. The number of amides is 1. The van der Waals surface area contributed by atoms with Gasteiger partial charge in [0.05, 0.1) is 5.52 Å². The van der Waals surface area contributed by atoms with E-state index in [2.05, 4.69) is 25.7 Å². The zero-order valence-corrected chi connectivity index (χ0v) is 12.0. The molecule has 20 heavy (non-hydrogen) atoms. The summed E-state index contributed by atoms with van der Waals surface area (Å²) in [6.45, 7) is 1.98. The molecule has 1 amide bonds. The van der Waals surface area contributed by atoms with E-state index in [1.165, 1.54) is 11.3 Å². The molecule has 2 aromatic heterocycles. The van der Waals surface area contributed by atoms with Crippen LogP contribution in [0, 0.1) is 0 Å². The molecule has 0 saturated heterocycles. The minimum Gasteiger partial charge on any atom is -0.295 e. The Morgan fingerprint density at radius 1 is 1.45 bits per heavy atom.